The van der Waals surface area contributed by atoms with E-state index in [1.807, 2.05) is 19.0 Å². The van der Waals surface area contributed by atoms with Gasteiger partial charge in [0.2, 0.25) is 5.95 Å². The molecule has 2 heterocycles. The summed E-state index contributed by atoms with van der Waals surface area (Å²) in [6, 6.07) is 6.53. The third kappa shape index (κ3) is 6.48. The maximum Gasteiger partial charge on any atom is 0.405 e. The van der Waals surface area contributed by atoms with Crippen LogP contribution in [0.1, 0.15) is 0 Å². The van der Waals surface area contributed by atoms with Gasteiger partial charge in [-0.25, -0.2) is 9.97 Å². The molecule has 3 aromatic rings. The van der Waals surface area contributed by atoms with E-state index in [4.69, 9.17) is 17.0 Å². The molecule has 198 valence electrons. The summed E-state index contributed by atoms with van der Waals surface area (Å²) in [6.07, 6.45) is 5.12. The number of aromatic nitrogens is 3. The zero-order valence-electron chi connectivity index (χ0n) is 20.6. The van der Waals surface area contributed by atoms with Gasteiger partial charge < -0.3 is 20.9 Å². The molecule has 0 fully saturated rings. The molecule has 0 aliphatic heterocycles. The number of allylic oxidation sites excluding steroid dienone is 5. The van der Waals surface area contributed by atoms with Gasteiger partial charge in [0.15, 0.2) is 0 Å². The maximum atomic E-state index is 13.8. The second kappa shape index (κ2) is 11.2. The number of rotatable bonds is 8. The van der Waals surface area contributed by atoms with Crippen molar-refractivity contribution in [3.8, 4) is 11.1 Å². The zero-order chi connectivity index (χ0) is 27.4. The lowest BCUT2D eigenvalue weighted by Crippen LogP contribution is -2.25. The van der Waals surface area contributed by atoms with Crippen LogP contribution in [0.2, 0.25) is 5.02 Å². The van der Waals surface area contributed by atoms with Gasteiger partial charge in [-0.1, -0.05) is 23.7 Å². The Morgan fingerprint density at radius 1 is 1.18 bits per heavy atom. The average molecular weight is 544 g/mol. The molecule has 0 saturated carbocycles. The van der Waals surface area contributed by atoms with E-state index in [2.05, 4.69) is 20.6 Å². The van der Waals surface area contributed by atoms with Crippen molar-refractivity contribution in [1.29, 1.82) is 5.41 Å². The number of hydrogen-bond acceptors (Lipinski definition) is 7. The van der Waals surface area contributed by atoms with Crippen LogP contribution in [0, 0.1) is 5.41 Å². The third-order valence-electron chi connectivity index (χ3n) is 5.61. The van der Waals surface area contributed by atoms with Crippen LogP contribution in [0.3, 0.4) is 0 Å². The van der Waals surface area contributed by atoms with E-state index in [-0.39, 0.29) is 22.7 Å². The van der Waals surface area contributed by atoms with Crippen LogP contribution in [0.4, 0.5) is 19.1 Å². The smallest absolute Gasteiger partial charge is 0.389 e. The molecule has 1 aliphatic carbocycles. The van der Waals surface area contributed by atoms with Gasteiger partial charge in [-0.15, -0.1) is 0 Å². The van der Waals surface area contributed by atoms with Gasteiger partial charge in [0.1, 0.15) is 6.54 Å². The van der Waals surface area contributed by atoms with Crippen molar-refractivity contribution in [3.63, 3.8) is 0 Å². The minimum Gasteiger partial charge on any atom is -0.389 e. The molecule has 0 amide bonds. The first-order chi connectivity index (χ1) is 18.0. The highest BCUT2D eigenvalue weighted by molar-refractivity contribution is 6.30. The summed E-state index contributed by atoms with van der Waals surface area (Å²) < 4.78 is 39.6. The van der Waals surface area contributed by atoms with Crippen LogP contribution >= 0.6 is 11.6 Å². The number of hydrogen-bond donors (Lipinski definition) is 3. The molecule has 0 spiro atoms. The number of anilines is 1. The Morgan fingerprint density at radius 2 is 1.92 bits per heavy atom. The van der Waals surface area contributed by atoms with Crippen molar-refractivity contribution in [1.82, 2.24) is 24.8 Å². The highest BCUT2D eigenvalue weighted by Gasteiger charge is 2.27. The van der Waals surface area contributed by atoms with E-state index in [0.717, 1.165) is 6.54 Å². The fourth-order valence-corrected chi connectivity index (χ4v) is 3.85. The topological polar surface area (TPSA) is 98.9 Å². The predicted molar refractivity (Wildman–Crippen MR) is 145 cm³/mol. The zero-order valence-corrected chi connectivity index (χ0v) is 21.4. The molecule has 0 radical (unpaired) electrons. The molecule has 0 unspecified atom stereocenters. The summed E-state index contributed by atoms with van der Waals surface area (Å²) in [5, 5.41) is 14.5. The van der Waals surface area contributed by atoms with Gasteiger partial charge in [0.05, 0.1) is 16.8 Å². The predicted octanol–water partition coefficient (Wildman–Crippen LogP) is 4.55. The molecule has 3 N–H and O–H groups in total. The number of pyridine rings is 1. The Balaban J connectivity index is 1.82. The van der Waals surface area contributed by atoms with E-state index in [9.17, 15) is 18.0 Å². The number of alkyl halides is 3. The SMILES string of the molecule is CN(C)CCN/C=C1/C=C(n2cc3cnc(NCC(F)(F)F)nc3c(-c3ccc(Cl)cc3)c2=O)C=CC1=N. The number of likely N-dealkylation sites (N-methyl/N-ethyl adjacent to an activating group) is 1. The first kappa shape index (κ1) is 27.1. The minimum atomic E-state index is -4.46. The standard InChI is InChI=1S/C26H25ClF3N7O/c1-36(2)10-9-32-12-17-11-20(7-8-21(17)31)37-14-18-13-33-25(34-15-26(28,29)30)35-23(18)22(24(37)38)16-3-5-19(27)6-4-16/h3-8,11-14,31-32H,9-10,15H2,1-2H3,(H,34,35)/b17-12-,31-21?. The Hall–Kier alpha value is -3.96. The molecule has 0 saturated heterocycles. The molecule has 0 atom stereocenters. The van der Waals surface area contributed by atoms with Crippen LogP contribution in [0.25, 0.3) is 27.7 Å². The molecule has 1 aromatic carbocycles. The van der Waals surface area contributed by atoms with Gasteiger partial charge >= 0.3 is 6.18 Å². The fraction of sp³-hybridized carbons (Fsp3) is 0.231. The number of nitrogens with zero attached hydrogens (tertiary/aromatic N) is 4. The van der Waals surface area contributed by atoms with Crippen LogP contribution in [-0.2, 0) is 0 Å². The Kier molecular flexibility index (Phi) is 7.98. The molecule has 1 aliphatic rings. The van der Waals surface area contributed by atoms with Crippen LogP contribution in [-0.4, -0.2) is 65.1 Å². The highest BCUT2D eigenvalue weighted by atomic mass is 35.5. The van der Waals surface area contributed by atoms with Crippen molar-refractivity contribution in [2.45, 2.75) is 6.18 Å². The van der Waals surface area contributed by atoms with E-state index in [1.54, 1.807) is 48.7 Å². The quantitative estimate of drug-likeness (QED) is 0.361. The Labute approximate surface area is 221 Å². The molecule has 0 bridgehead atoms. The van der Waals surface area contributed by atoms with Crippen molar-refractivity contribution >= 4 is 39.9 Å². The van der Waals surface area contributed by atoms with Gasteiger partial charge in [-0.2, -0.15) is 13.2 Å². The summed E-state index contributed by atoms with van der Waals surface area (Å²) >= 11 is 6.04. The van der Waals surface area contributed by atoms with Gasteiger partial charge in [0, 0.05) is 53.4 Å². The molecule has 4 rings (SSSR count). The van der Waals surface area contributed by atoms with Gasteiger partial charge in [-0.05, 0) is 50.0 Å². The number of benzene rings is 1. The average Bonchev–Trinajstić information content (AvgIpc) is 2.86. The van der Waals surface area contributed by atoms with Crippen molar-refractivity contribution in [3.05, 3.63) is 82.0 Å². The number of fused-ring (bicyclic) bond motifs is 1. The highest BCUT2D eigenvalue weighted by Crippen LogP contribution is 2.28. The van der Waals surface area contributed by atoms with E-state index in [0.29, 0.717) is 33.8 Å². The lowest BCUT2D eigenvalue weighted by Gasteiger charge is -2.17. The Morgan fingerprint density at radius 3 is 2.61 bits per heavy atom. The second-order valence-electron chi connectivity index (χ2n) is 8.83. The van der Waals surface area contributed by atoms with Crippen LogP contribution in [0.5, 0.6) is 0 Å². The van der Waals surface area contributed by atoms with Crippen molar-refractivity contribution in [2.24, 2.45) is 0 Å². The summed E-state index contributed by atoms with van der Waals surface area (Å²) in [4.78, 5) is 24.1. The normalized spacial score (nSPS) is 14.9. The fourth-order valence-electron chi connectivity index (χ4n) is 3.73. The van der Waals surface area contributed by atoms with E-state index in [1.165, 1.54) is 17.0 Å². The summed E-state index contributed by atoms with van der Waals surface area (Å²) in [5.74, 6) is -0.249. The van der Waals surface area contributed by atoms with Crippen molar-refractivity contribution in [2.75, 3.05) is 39.0 Å². The monoisotopic (exact) mass is 543 g/mol. The molecule has 2 aromatic heterocycles. The van der Waals surface area contributed by atoms with Crippen molar-refractivity contribution < 1.29 is 13.2 Å². The van der Waals surface area contributed by atoms with E-state index < -0.39 is 18.3 Å². The number of halogens is 4. The summed E-state index contributed by atoms with van der Waals surface area (Å²) in [7, 11) is 3.92. The lowest BCUT2D eigenvalue weighted by molar-refractivity contribution is -0.115. The maximum absolute atomic E-state index is 13.8. The van der Waals surface area contributed by atoms with E-state index >= 15 is 0 Å². The van der Waals surface area contributed by atoms with Gasteiger partial charge in [-0.3, -0.25) is 9.36 Å². The minimum absolute atomic E-state index is 0.182. The molecule has 38 heavy (non-hydrogen) atoms. The molecular weight excluding hydrogens is 519 g/mol. The third-order valence-corrected chi connectivity index (χ3v) is 5.86. The first-order valence-electron chi connectivity index (χ1n) is 11.6. The molecule has 8 nitrogen and oxygen atoms in total. The first-order valence-corrected chi connectivity index (χ1v) is 12.0. The Bertz CT molecular complexity index is 1510. The summed E-state index contributed by atoms with van der Waals surface area (Å²) in [6.45, 7) is 0.167. The van der Waals surface area contributed by atoms with Crippen LogP contribution < -0.4 is 16.2 Å². The molecule has 12 heteroatoms. The largest absolute Gasteiger partial charge is 0.405 e. The molecular formula is C26H25ClF3N7O. The second-order valence-corrected chi connectivity index (χ2v) is 9.26. The van der Waals surface area contributed by atoms with Crippen LogP contribution in [0.15, 0.2) is 71.5 Å². The summed E-state index contributed by atoms with van der Waals surface area (Å²) in [5.41, 5.74) is 1.80. The number of nitrogens with one attached hydrogen (secondary N) is 3. The lowest BCUT2D eigenvalue weighted by atomic mass is 10.0. The van der Waals surface area contributed by atoms with Gasteiger partial charge in [0.25, 0.3) is 5.56 Å².